The summed E-state index contributed by atoms with van der Waals surface area (Å²) in [6.45, 7) is 0. The quantitative estimate of drug-likeness (QED) is 0.534. The molecule has 1 atom stereocenters. The molecule has 7 heteroatoms. The first kappa shape index (κ1) is 18.2. The molecule has 0 spiro atoms. The van der Waals surface area contributed by atoms with Gasteiger partial charge in [0.05, 0.1) is 23.3 Å². The standard InChI is InChI=1S/C23H20N4O3/c1-26(2)13-18-15(19-9-6-10-30-19)11-16-17(21(18)28)12-24-22-20(16)23(29)27(25-22)14-7-4-3-5-8-14/h3-10,12-13,15H,11H2,1-2H3,(H,24,25)/b18-13-/t15-/m0/s1. The zero-order chi connectivity index (χ0) is 20.8. The normalized spacial score (nSPS) is 17.5. The number of benzene rings is 1. The number of fused-ring (bicyclic) bond motifs is 3. The van der Waals surface area contributed by atoms with E-state index in [2.05, 4.69) is 10.1 Å². The second-order valence-corrected chi connectivity index (χ2v) is 7.61. The molecule has 5 rings (SSSR count). The lowest BCUT2D eigenvalue weighted by Gasteiger charge is -2.26. The van der Waals surface area contributed by atoms with Crippen LogP contribution in [0.25, 0.3) is 16.7 Å². The average molecular weight is 400 g/mol. The number of aromatic amines is 1. The van der Waals surface area contributed by atoms with Gasteiger partial charge in [0.25, 0.3) is 5.56 Å². The number of aromatic nitrogens is 3. The maximum absolute atomic E-state index is 13.4. The maximum atomic E-state index is 13.4. The van der Waals surface area contributed by atoms with E-state index in [1.807, 2.05) is 67.7 Å². The highest BCUT2D eigenvalue weighted by atomic mass is 16.3. The maximum Gasteiger partial charge on any atom is 0.281 e. The molecule has 150 valence electrons. The van der Waals surface area contributed by atoms with Crippen molar-refractivity contribution in [3.05, 3.63) is 93.9 Å². The molecule has 0 saturated heterocycles. The highest BCUT2D eigenvalue weighted by Gasteiger charge is 2.35. The van der Waals surface area contributed by atoms with Gasteiger partial charge in [-0.15, -0.1) is 0 Å². The van der Waals surface area contributed by atoms with Crippen molar-refractivity contribution in [1.29, 1.82) is 0 Å². The molecule has 4 aromatic rings. The van der Waals surface area contributed by atoms with Crippen molar-refractivity contribution >= 4 is 16.8 Å². The fourth-order valence-corrected chi connectivity index (χ4v) is 4.10. The molecule has 1 N–H and O–H groups in total. The van der Waals surface area contributed by atoms with Crippen molar-refractivity contribution in [2.75, 3.05) is 14.1 Å². The van der Waals surface area contributed by atoms with Crippen LogP contribution in [0.15, 0.2) is 75.9 Å². The minimum atomic E-state index is -0.271. The highest BCUT2D eigenvalue weighted by Crippen LogP contribution is 2.38. The summed E-state index contributed by atoms with van der Waals surface area (Å²) in [5.41, 5.74) is 2.77. The first-order chi connectivity index (χ1) is 14.5. The zero-order valence-corrected chi connectivity index (χ0v) is 16.6. The average Bonchev–Trinajstić information content (AvgIpc) is 3.39. The summed E-state index contributed by atoms with van der Waals surface area (Å²) in [5, 5.41) is 3.52. The van der Waals surface area contributed by atoms with Gasteiger partial charge in [-0.05, 0) is 36.2 Å². The van der Waals surface area contributed by atoms with Crippen LogP contribution in [0.4, 0.5) is 0 Å². The van der Waals surface area contributed by atoms with Crippen molar-refractivity contribution in [3.8, 4) is 5.69 Å². The topological polar surface area (TPSA) is 84.1 Å². The molecular formula is C23H20N4O3. The fraction of sp³-hybridized carbons (Fsp3) is 0.174. The van der Waals surface area contributed by atoms with Crippen molar-refractivity contribution in [2.45, 2.75) is 12.3 Å². The van der Waals surface area contributed by atoms with Crippen LogP contribution in [0.1, 0.15) is 27.6 Å². The Labute approximate surface area is 172 Å². The number of furan rings is 1. The van der Waals surface area contributed by atoms with Crippen LogP contribution in [-0.4, -0.2) is 39.5 Å². The second kappa shape index (κ2) is 6.88. The number of hydrogen-bond donors (Lipinski definition) is 1. The summed E-state index contributed by atoms with van der Waals surface area (Å²) in [6, 6.07) is 13.0. The van der Waals surface area contributed by atoms with Crippen molar-refractivity contribution < 1.29 is 9.21 Å². The predicted octanol–water partition coefficient (Wildman–Crippen LogP) is 3.27. The number of rotatable bonds is 3. The van der Waals surface area contributed by atoms with Gasteiger partial charge in [-0.2, -0.15) is 0 Å². The van der Waals surface area contributed by atoms with E-state index < -0.39 is 0 Å². The summed E-state index contributed by atoms with van der Waals surface area (Å²) in [7, 11) is 3.75. The van der Waals surface area contributed by atoms with Crippen molar-refractivity contribution in [1.82, 2.24) is 19.7 Å². The predicted molar refractivity (Wildman–Crippen MR) is 113 cm³/mol. The Morgan fingerprint density at radius 1 is 1.17 bits per heavy atom. The Balaban J connectivity index is 1.74. The number of para-hydroxylation sites is 1. The van der Waals surface area contributed by atoms with Crippen molar-refractivity contribution in [3.63, 3.8) is 0 Å². The lowest BCUT2D eigenvalue weighted by molar-refractivity contribution is 0.101. The van der Waals surface area contributed by atoms with E-state index in [0.717, 1.165) is 0 Å². The number of ketones is 1. The van der Waals surface area contributed by atoms with Crippen LogP contribution in [0.3, 0.4) is 0 Å². The molecule has 0 amide bonds. The van der Waals surface area contributed by atoms with E-state index in [9.17, 15) is 9.59 Å². The fourth-order valence-electron chi connectivity index (χ4n) is 4.10. The number of allylic oxidation sites excluding steroid dienone is 1. The van der Waals surface area contributed by atoms with E-state index in [0.29, 0.717) is 45.6 Å². The minimum absolute atomic E-state index is 0.132. The van der Waals surface area contributed by atoms with Gasteiger partial charge in [0.15, 0.2) is 11.4 Å². The minimum Gasteiger partial charge on any atom is -0.469 e. The third kappa shape index (κ3) is 2.78. The Hall–Kier alpha value is -3.87. The molecule has 1 aliphatic rings. The Bertz CT molecular complexity index is 1330. The van der Waals surface area contributed by atoms with Gasteiger partial charge in [0, 0.05) is 37.6 Å². The number of nitrogens with one attached hydrogen (secondary N) is 1. The van der Waals surface area contributed by atoms with E-state index >= 15 is 0 Å². The van der Waals surface area contributed by atoms with Gasteiger partial charge < -0.3 is 9.32 Å². The van der Waals surface area contributed by atoms with E-state index in [1.165, 1.54) is 4.68 Å². The molecule has 0 aliphatic heterocycles. The zero-order valence-electron chi connectivity index (χ0n) is 16.6. The lowest BCUT2D eigenvalue weighted by Crippen LogP contribution is -2.25. The number of nitrogens with zero attached hydrogens (tertiary/aromatic N) is 3. The highest BCUT2D eigenvalue weighted by molar-refractivity contribution is 6.13. The number of H-pyrrole nitrogens is 1. The molecule has 3 heterocycles. The van der Waals surface area contributed by atoms with E-state index in [1.54, 1.807) is 12.5 Å². The third-order valence-corrected chi connectivity index (χ3v) is 5.41. The number of Topliss-reactive ketones (excluding diaryl/α,β-unsaturated/α-hetero) is 1. The Morgan fingerprint density at radius 3 is 2.67 bits per heavy atom. The summed E-state index contributed by atoms with van der Waals surface area (Å²) in [5.74, 6) is 0.297. The summed E-state index contributed by atoms with van der Waals surface area (Å²) >= 11 is 0. The van der Waals surface area contributed by atoms with E-state index in [4.69, 9.17) is 4.42 Å². The van der Waals surface area contributed by atoms with Gasteiger partial charge in [0.2, 0.25) is 0 Å². The van der Waals surface area contributed by atoms with Crippen LogP contribution >= 0.6 is 0 Å². The Morgan fingerprint density at radius 2 is 1.97 bits per heavy atom. The third-order valence-electron chi connectivity index (χ3n) is 5.41. The van der Waals surface area contributed by atoms with Crippen LogP contribution < -0.4 is 5.56 Å². The second-order valence-electron chi connectivity index (χ2n) is 7.61. The molecule has 0 bridgehead atoms. The number of hydrogen-bond acceptors (Lipinski definition) is 5. The molecule has 7 nitrogen and oxygen atoms in total. The SMILES string of the molecule is CN(C)/C=C1\C(=O)c2cnc3[nH]n(-c4ccccc4)c(=O)c3c2C[C@@H]1c1ccco1. The van der Waals surface area contributed by atoms with Gasteiger partial charge in [-0.3, -0.25) is 14.7 Å². The molecule has 1 aromatic carbocycles. The van der Waals surface area contributed by atoms with E-state index in [-0.39, 0.29) is 17.3 Å². The van der Waals surface area contributed by atoms with Crippen LogP contribution in [-0.2, 0) is 6.42 Å². The van der Waals surface area contributed by atoms with Gasteiger partial charge in [-0.25, -0.2) is 9.67 Å². The van der Waals surface area contributed by atoms with Gasteiger partial charge in [0.1, 0.15) is 5.76 Å². The lowest BCUT2D eigenvalue weighted by atomic mass is 9.78. The molecule has 30 heavy (non-hydrogen) atoms. The van der Waals surface area contributed by atoms with Crippen LogP contribution in [0.5, 0.6) is 0 Å². The summed E-state index contributed by atoms with van der Waals surface area (Å²) in [4.78, 5) is 32.9. The molecule has 0 radical (unpaired) electrons. The molecule has 3 aromatic heterocycles. The molecular weight excluding hydrogens is 380 g/mol. The summed E-state index contributed by atoms with van der Waals surface area (Å²) in [6.07, 6.45) is 5.47. The van der Waals surface area contributed by atoms with Gasteiger partial charge in [-0.1, -0.05) is 18.2 Å². The largest absolute Gasteiger partial charge is 0.469 e. The molecule has 0 unspecified atom stereocenters. The molecule has 0 fully saturated rings. The summed E-state index contributed by atoms with van der Waals surface area (Å²) < 4.78 is 7.11. The van der Waals surface area contributed by atoms with Crippen LogP contribution in [0.2, 0.25) is 0 Å². The Kier molecular flexibility index (Phi) is 4.17. The van der Waals surface area contributed by atoms with Gasteiger partial charge >= 0.3 is 0 Å². The first-order valence-electron chi connectivity index (χ1n) is 9.69. The smallest absolute Gasteiger partial charge is 0.281 e. The molecule has 0 saturated carbocycles. The first-order valence-corrected chi connectivity index (χ1v) is 9.69. The number of carbonyl (C=O) groups is 1. The monoisotopic (exact) mass is 400 g/mol. The van der Waals surface area contributed by atoms with Crippen molar-refractivity contribution in [2.24, 2.45) is 0 Å². The van der Waals surface area contributed by atoms with Crippen LogP contribution in [0, 0.1) is 0 Å². The number of carbonyl (C=O) groups excluding carboxylic acids is 1. The number of pyridine rings is 1. The molecule has 1 aliphatic carbocycles.